The summed E-state index contributed by atoms with van der Waals surface area (Å²) in [7, 11) is 0. The predicted octanol–water partition coefficient (Wildman–Crippen LogP) is 0.525. The zero-order valence-corrected chi connectivity index (χ0v) is 4.22. The predicted molar refractivity (Wildman–Crippen MR) is 31.6 cm³/mol. The van der Waals surface area contributed by atoms with Gasteiger partial charge in [-0.25, -0.2) is 0 Å². The lowest BCUT2D eigenvalue weighted by Gasteiger charge is -1.77. The molecule has 1 heteroatoms. The molecule has 38 valence electrons. The van der Waals surface area contributed by atoms with E-state index in [0.29, 0.717) is 6.54 Å². The second-order valence-electron chi connectivity index (χ2n) is 1.15. The minimum Gasteiger partial charge on any atom is -0.330 e. The van der Waals surface area contributed by atoms with E-state index in [1.54, 1.807) is 6.08 Å². The van der Waals surface area contributed by atoms with Crippen LogP contribution in [0.3, 0.4) is 0 Å². The molecule has 0 atom stereocenters. The Morgan fingerprint density at radius 1 is 1.71 bits per heavy atom. The Morgan fingerprint density at radius 3 is 2.86 bits per heavy atom. The van der Waals surface area contributed by atoms with Gasteiger partial charge in [0.1, 0.15) is 0 Å². The molecule has 0 saturated carbocycles. The van der Waals surface area contributed by atoms with Crippen LogP contribution in [0.2, 0.25) is 0 Å². The quantitative estimate of drug-likeness (QED) is 0.497. The minimum atomic E-state index is 0.679. The Kier molecular flexibility index (Phi) is 4.70. The van der Waals surface area contributed by atoms with E-state index < -0.39 is 0 Å². The van der Waals surface area contributed by atoms with Crippen molar-refractivity contribution in [2.24, 2.45) is 5.73 Å². The highest BCUT2D eigenvalue weighted by atomic mass is 14.5. The van der Waals surface area contributed by atoms with Crippen molar-refractivity contribution in [3.63, 3.8) is 0 Å². The third-order valence-electron chi connectivity index (χ3n) is 0.547. The summed E-state index contributed by atoms with van der Waals surface area (Å²) >= 11 is 0. The Balaban J connectivity index is 2.97. The molecule has 0 spiro atoms. The molecule has 0 aliphatic carbocycles. The summed E-state index contributed by atoms with van der Waals surface area (Å²) in [6.07, 6.45) is 9.31. The van der Waals surface area contributed by atoms with Crippen molar-refractivity contribution in [3.8, 4) is 12.3 Å². The summed E-state index contributed by atoms with van der Waals surface area (Å²) in [6, 6.07) is 0. The SMILES string of the molecule is C#CC=CCCN. The van der Waals surface area contributed by atoms with Gasteiger partial charge in [-0.1, -0.05) is 12.0 Å². The van der Waals surface area contributed by atoms with Crippen LogP contribution in [0, 0.1) is 12.3 Å². The second kappa shape index (κ2) is 5.26. The summed E-state index contributed by atoms with van der Waals surface area (Å²) in [5.74, 6) is 2.37. The van der Waals surface area contributed by atoms with Crippen molar-refractivity contribution in [3.05, 3.63) is 12.2 Å². The highest BCUT2D eigenvalue weighted by molar-refractivity contribution is 5.08. The molecule has 0 aliphatic heterocycles. The molecule has 0 rings (SSSR count). The van der Waals surface area contributed by atoms with Gasteiger partial charge >= 0.3 is 0 Å². The maximum atomic E-state index is 5.15. The van der Waals surface area contributed by atoms with Crippen LogP contribution < -0.4 is 5.73 Å². The van der Waals surface area contributed by atoms with Crippen LogP contribution in [0.5, 0.6) is 0 Å². The van der Waals surface area contributed by atoms with E-state index in [4.69, 9.17) is 12.2 Å². The minimum absolute atomic E-state index is 0.679. The topological polar surface area (TPSA) is 26.0 Å². The molecular formula is C6H9N. The third kappa shape index (κ3) is 5.26. The van der Waals surface area contributed by atoms with Crippen LogP contribution >= 0.6 is 0 Å². The first kappa shape index (κ1) is 6.26. The lowest BCUT2D eigenvalue weighted by molar-refractivity contribution is 1.01. The van der Waals surface area contributed by atoms with Gasteiger partial charge in [-0.15, -0.1) is 6.42 Å². The smallest absolute Gasteiger partial charge is 0.00423 e. The molecule has 0 aromatic heterocycles. The molecule has 0 bridgehead atoms. The molecule has 0 radical (unpaired) electrons. The van der Waals surface area contributed by atoms with Gasteiger partial charge in [-0.2, -0.15) is 0 Å². The maximum absolute atomic E-state index is 5.15. The Bertz CT molecular complexity index is 86.8. The number of hydrogen-bond acceptors (Lipinski definition) is 1. The summed E-state index contributed by atoms with van der Waals surface area (Å²) in [5.41, 5.74) is 5.15. The van der Waals surface area contributed by atoms with Crippen LogP contribution in [0.1, 0.15) is 6.42 Å². The maximum Gasteiger partial charge on any atom is -0.00423 e. The molecule has 0 aromatic rings. The Hall–Kier alpha value is -0.740. The van der Waals surface area contributed by atoms with Gasteiger partial charge in [-0.3, -0.25) is 0 Å². The molecule has 0 heterocycles. The molecule has 0 fully saturated rings. The molecule has 0 aromatic carbocycles. The Labute approximate surface area is 44.2 Å². The zero-order chi connectivity index (χ0) is 5.54. The highest BCUT2D eigenvalue weighted by Gasteiger charge is 1.66. The van der Waals surface area contributed by atoms with E-state index in [1.807, 2.05) is 6.08 Å². The third-order valence-corrected chi connectivity index (χ3v) is 0.547. The first-order valence-electron chi connectivity index (χ1n) is 2.23. The van der Waals surface area contributed by atoms with E-state index in [2.05, 4.69) is 5.92 Å². The van der Waals surface area contributed by atoms with Gasteiger partial charge < -0.3 is 5.73 Å². The largest absolute Gasteiger partial charge is 0.330 e. The fourth-order valence-electron chi connectivity index (χ4n) is 0.248. The molecule has 2 N–H and O–H groups in total. The van der Waals surface area contributed by atoms with Crippen molar-refractivity contribution in [1.29, 1.82) is 0 Å². The standard InChI is InChI=1S/C6H9N/c1-2-3-4-5-6-7/h1,3-4H,5-7H2. The number of allylic oxidation sites excluding steroid dienone is 1. The summed E-state index contributed by atoms with van der Waals surface area (Å²) < 4.78 is 0. The molecule has 1 nitrogen and oxygen atoms in total. The zero-order valence-electron chi connectivity index (χ0n) is 4.22. The number of hydrogen-bond donors (Lipinski definition) is 1. The lowest BCUT2D eigenvalue weighted by atomic mass is 10.4. The molecule has 0 aliphatic rings. The second-order valence-corrected chi connectivity index (χ2v) is 1.15. The van der Waals surface area contributed by atoms with Gasteiger partial charge in [-0.05, 0) is 19.0 Å². The first-order valence-corrected chi connectivity index (χ1v) is 2.23. The molecule has 0 saturated heterocycles. The van der Waals surface area contributed by atoms with Crippen molar-refractivity contribution in [1.82, 2.24) is 0 Å². The fourth-order valence-corrected chi connectivity index (χ4v) is 0.248. The fraction of sp³-hybridized carbons (Fsp3) is 0.333. The highest BCUT2D eigenvalue weighted by Crippen LogP contribution is 1.74. The lowest BCUT2D eigenvalue weighted by Crippen LogP contribution is -1.94. The van der Waals surface area contributed by atoms with E-state index in [-0.39, 0.29) is 0 Å². The average Bonchev–Trinajstić information content (AvgIpc) is 1.69. The number of terminal acetylenes is 1. The molecular weight excluding hydrogens is 86.1 g/mol. The van der Waals surface area contributed by atoms with E-state index >= 15 is 0 Å². The van der Waals surface area contributed by atoms with Crippen LogP contribution in [0.15, 0.2) is 12.2 Å². The van der Waals surface area contributed by atoms with Crippen LogP contribution in [0.25, 0.3) is 0 Å². The number of nitrogens with two attached hydrogens (primary N) is 1. The van der Waals surface area contributed by atoms with Gasteiger partial charge in [0.25, 0.3) is 0 Å². The first-order chi connectivity index (χ1) is 3.41. The Morgan fingerprint density at radius 2 is 2.43 bits per heavy atom. The van der Waals surface area contributed by atoms with Gasteiger partial charge in [0, 0.05) is 0 Å². The van der Waals surface area contributed by atoms with Crippen LogP contribution in [-0.4, -0.2) is 6.54 Å². The van der Waals surface area contributed by atoms with Crippen molar-refractivity contribution in [2.45, 2.75) is 6.42 Å². The van der Waals surface area contributed by atoms with Gasteiger partial charge in [0.2, 0.25) is 0 Å². The molecule has 7 heavy (non-hydrogen) atoms. The van der Waals surface area contributed by atoms with Crippen molar-refractivity contribution < 1.29 is 0 Å². The molecule has 0 amide bonds. The summed E-state index contributed by atoms with van der Waals surface area (Å²) in [4.78, 5) is 0. The van der Waals surface area contributed by atoms with Gasteiger partial charge in [0.15, 0.2) is 0 Å². The van der Waals surface area contributed by atoms with E-state index in [0.717, 1.165) is 6.42 Å². The molecule has 0 unspecified atom stereocenters. The van der Waals surface area contributed by atoms with Gasteiger partial charge in [0.05, 0.1) is 0 Å². The van der Waals surface area contributed by atoms with Crippen LogP contribution in [-0.2, 0) is 0 Å². The summed E-state index contributed by atoms with van der Waals surface area (Å²) in [5, 5.41) is 0. The van der Waals surface area contributed by atoms with Crippen molar-refractivity contribution >= 4 is 0 Å². The number of rotatable bonds is 2. The average molecular weight is 95.1 g/mol. The van der Waals surface area contributed by atoms with E-state index in [1.165, 1.54) is 0 Å². The van der Waals surface area contributed by atoms with Crippen molar-refractivity contribution in [2.75, 3.05) is 6.54 Å². The van der Waals surface area contributed by atoms with E-state index in [9.17, 15) is 0 Å². The monoisotopic (exact) mass is 95.1 g/mol. The normalized spacial score (nSPS) is 9.14. The summed E-state index contributed by atoms with van der Waals surface area (Å²) in [6.45, 7) is 0.679. The van der Waals surface area contributed by atoms with Crippen LogP contribution in [0.4, 0.5) is 0 Å².